The predicted octanol–water partition coefficient (Wildman–Crippen LogP) is 5.15. The van der Waals surface area contributed by atoms with Gasteiger partial charge < -0.3 is 15.5 Å². The molecule has 0 spiro atoms. The second-order valence-electron chi connectivity index (χ2n) is 10.1. The fraction of sp³-hybridized carbons (Fsp3) is 0.808. The summed E-state index contributed by atoms with van der Waals surface area (Å²) in [5.74, 6) is 1.78. The summed E-state index contributed by atoms with van der Waals surface area (Å²) in [6.07, 6.45) is 15.7. The molecular weight excluding hydrogens is 374 g/mol. The Morgan fingerprint density at radius 1 is 1.27 bits per heavy atom. The van der Waals surface area contributed by atoms with Crippen LogP contribution in [0.2, 0.25) is 0 Å². The number of carbonyl (C=O) groups excluding carboxylic acids is 1. The van der Waals surface area contributed by atoms with E-state index in [0.29, 0.717) is 24.2 Å². The number of rotatable bonds is 13. The lowest BCUT2D eigenvalue weighted by Gasteiger charge is -2.19. The molecule has 0 aromatic carbocycles. The van der Waals surface area contributed by atoms with Gasteiger partial charge >= 0.3 is 0 Å². The van der Waals surface area contributed by atoms with Crippen LogP contribution in [0.4, 0.5) is 0 Å². The van der Waals surface area contributed by atoms with E-state index in [4.69, 9.17) is 0 Å². The van der Waals surface area contributed by atoms with Crippen molar-refractivity contribution in [1.29, 1.82) is 0 Å². The van der Waals surface area contributed by atoms with E-state index in [2.05, 4.69) is 31.3 Å². The maximum atomic E-state index is 11.8. The summed E-state index contributed by atoms with van der Waals surface area (Å²) in [6, 6.07) is 0.212. The Bertz CT molecular complexity index is 583. The summed E-state index contributed by atoms with van der Waals surface area (Å²) >= 11 is 0. The Balaban J connectivity index is 1.74. The molecule has 3 N–H and O–H groups in total. The van der Waals surface area contributed by atoms with Gasteiger partial charge in [-0.2, -0.15) is 0 Å². The number of aliphatic hydroxyl groups is 2. The molecule has 2 rings (SSSR count). The maximum Gasteiger partial charge on any atom is 0.220 e. The molecule has 0 saturated heterocycles. The van der Waals surface area contributed by atoms with Gasteiger partial charge in [0.1, 0.15) is 0 Å². The van der Waals surface area contributed by atoms with Gasteiger partial charge in [-0.3, -0.25) is 4.79 Å². The minimum absolute atomic E-state index is 0.151. The molecular formula is C26H45NO3. The van der Waals surface area contributed by atoms with Crippen molar-refractivity contribution in [3.8, 4) is 0 Å². The number of hydrogen-bond acceptors (Lipinski definition) is 3. The van der Waals surface area contributed by atoms with Crippen LogP contribution in [0.15, 0.2) is 23.8 Å². The van der Waals surface area contributed by atoms with E-state index in [1.807, 2.05) is 19.9 Å². The van der Waals surface area contributed by atoms with Crippen LogP contribution in [0, 0.1) is 23.7 Å². The fourth-order valence-electron chi connectivity index (χ4n) is 5.24. The third-order valence-corrected chi connectivity index (χ3v) is 6.80. The molecule has 172 valence electrons. The quantitative estimate of drug-likeness (QED) is 0.286. The molecule has 0 aromatic heterocycles. The Morgan fingerprint density at radius 2 is 2.03 bits per heavy atom. The largest absolute Gasteiger partial charge is 0.392 e. The highest BCUT2D eigenvalue weighted by molar-refractivity contribution is 5.76. The van der Waals surface area contributed by atoms with Crippen LogP contribution >= 0.6 is 0 Å². The van der Waals surface area contributed by atoms with Crippen molar-refractivity contribution >= 4 is 5.91 Å². The molecule has 2 aliphatic carbocycles. The van der Waals surface area contributed by atoms with E-state index in [1.54, 1.807) is 0 Å². The summed E-state index contributed by atoms with van der Waals surface area (Å²) < 4.78 is 0. The van der Waals surface area contributed by atoms with Crippen LogP contribution in [-0.4, -0.2) is 34.4 Å². The van der Waals surface area contributed by atoms with Gasteiger partial charge in [-0.25, -0.2) is 0 Å². The van der Waals surface area contributed by atoms with Crippen molar-refractivity contribution in [2.75, 3.05) is 0 Å². The van der Waals surface area contributed by atoms with E-state index in [-0.39, 0.29) is 24.0 Å². The molecule has 0 radical (unpaired) electrons. The molecule has 0 heterocycles. The highest BCUT2D eigenvalue weighted by atomic mass is 16.3. The molecule has 1 saturated carbocycles. The van der Waals surface area contributed by atoms with Gasteiger partial charge in [0.2, 0.25) is 5.91 Å². The zero-order valence-electron chi connectivity index (χ0n) is 19.6. The normalized spacial score (nSPS) is 28.0. The van der Waals surface area contributed by atoms with E-state index in [0.717, 1.165) is 38.5 Å². The first-order valence-electron chi connectivity index (χ1n) is 12.3. The number of aliphatic hydroxyl groups excluding tert-OH is 2. The summed E-state index contributed by atoms with van der Waals surface area (Å²) in [4.78, 5) is 11.8. The third-order valence-electron chi connectivity index (χ3n) is 6.80. The van der Waals surface area contributed by atoms with Crippen LogP contribution < -0.4 is 5.32 Å². The summed E-state index contributed by atoms with van der Waals surface area (Å²) in [6.45, 7) is 8.40. The molecule has 0 aromatic rings. The first-order chi connectivity index (χ1) is 14.3. The first kappa shape index (κ1) is 25.1. The number of allylic oxidation sites excluding steroid dienone is 2. The predicted molar refractivity (Wildman–Crippen MR) is 124 cm³/mol. The van der Waals surface area contributed by atoms with Crippen molar-refractivity contribution in [1.82, 2.24) is 5.32 Å². The summed E-state index contributed by atoms with van der Waals surface area (Å²) in [5, 5.41) is 23.9. The Labute approximate surface area is 184 Å². The highest BCUT2D eigenvalue weighted by Crippen LogP contribution is 2.48. The van der Waals surface area contributed by atoms with Crippen molar-refractivity contribution in [3.05, 3.63) is 23.8 Å². The van der Waals surface area contributed by atoms with E-state index < -0.39 is 6.10 Å². The van der Waals surface area contributed by atoms with Crippen LogP contribution in [0.3, 0.4) is 0 Å². The lowest BCUT2D eigenvalue weighted by atomic mass is 9.88. The maximum absolute atomic E-state index is 11.8. The van der Waals surface area contributed by atoms with Gasteiger partial charge in [0.15, 0.2) is 0 Å². The van der Waals surface area contributed by atoms with Gasteiger partial charge in [-0.1, -0.05) is 56.9 Å². The Hall–Kier alpha value is -1.13. The van der Waals surface area contributed by atoms with Crippen LogP contribution in [-0.2, 0) is 4.79 Å². The monoisotopic (exact) mass is 419 g/mol. The lowest BCUT2D eigenvalue weighted by Crippen LogP contribution is -2.29. The topological polar surface area (TPSA) is 69.6 Å². The summed E-state index contributed by atoms with van der Waals surface area (Å²) in [7, 11) is 0. The minimum Gasteiger partial charge on any atom is -0.392 e. The molecule has 0 aliphatic heterocycles. The van der Waals surface area contributed by atoms with Crippen molar-refractivity contribution in [2.24, 2.45) is 23.7 Å². The molecule has 2 aliphatic rings. The number of fused-ring (bicyclic) bond motifs is 1. The zero-order valence-corrected chi connectivity index (χ0v) is 19.6. The van der Waals surface area contributed by atoms with E-state index in [9.17, 15) is 15.0 Å². The molecule has 30 heavy (non-hydrogen) atoms. The third kappa shape index (κ3) is 8.19. The highest BCUT2D eigenvalue weighted by Gasteiger charge is 2.43. The van der Waals surface area contributed by atoms with Crippen LogP contribution in [0.25, 0.3) is 0 Å². The molecule has 0 bridgehead atoms. The molecule has 6 atom stereocenters. The van der Waals surface area contributed by atoms with Gasteiger partial charge in [0.05, 0.1) is 12.2 Å². The molecule has 4 heteroatoms. The zero-order chi connectivity index (χ0) is 22.1. The van der Waals surface area contributed by atoms with Gasteiger partial charge in [0, 0.05) is 18.4 Å². The summed E-state index contributed by atoms with van der Waals surface area (Å²) in [5.41, 5.74) is 1.49. The Morgan fingerprint density at radius 3 is 2.73 bits per heavy atom. The van der Waals surface area contributed by atoms with Gasteiger partial charge in [0.25, 0.3) is 0 Å². The number of nitrogens with one attached hydrogen (secondary N) is 1. The standard InChI is InChI=1S/C26H45NO3/c1-5-6-9-19(4)14-22(28)12-13-23-24-16-20(15-21(24)17-25(23)29)10-7-8-11-26(30)27-18(2)3/h12-13,15,18-19,21-25,28-29H,5-11,14,16-17H2,1-4H3,(H,27,30)/b13-12+/t19-,21-,22+,23+,24-,25+/m0/s1. The van der Waals surface area contributed by atoms with Gasteiger partial charge in [-0.15, -0.1) is 0 Å². The smallest absolute Gasteiger partial charge is 0.220 e. The number of amides is 1. The van der Waals surface area contributed by atoms with Crippen LogP contribution in [0.1, 0.15) is 91.9 Å². The number of carbonyl (C=O) groups is 1. The molecule has 4 nitrogen and oxygen atoms in total. The molecule has 1 amide bonds. The van der Waals surface area contributed by atoms with Crippen molar-refractivity contribution < 1.29 is 15.0 Å². The molecule has 0 unspecified atom stereocenters. The second kappa shape index (κ2) is 12.7. The first-order valence-corrected chi connectivity index (χ1v) is 12.3. The number of hydrogen-bond donors (Lipinski definition) is 3. The minimum atomic E-state index is -0.408. The second-order valence-corrected chi connectivity index (χ2v) is 10.1. The molecule has 1 fully saturated rings. The SMILES string of the molecule is CCCC[C@H](C)C[C@H](O)/C=C/[C@@H]1[C@H]2CC(CCCCC(=O)NC(C)C)=C[C@H]2C[C@H]1O. The average molecular weight is 420 g/mol. The van der Waals surface area contributed by atoms with Crippen molar-refractivity contribution in [2.45, 2.75) is 110 Å². The Kier molecular flexibility index (Phi) is 10.6. The lowest BCUT2D eigenvalue weighted by molar-refractivity contribution is -0.121. The van der Waals surface area contributed by atoms with Crippen molar-refractivity contribution in [3.63, 3.8) is 0 Å². The average Bonchev–Trinajstić information content (AvgIpc) is 3.17. The van der Waals surface area contributed by atoms with E-state index in [1.165, 1.54) is 24.8 Å². The van der Waals surface area contributed by atoms with Gasteiger partial charge in [-0.05, 0) is 70.1 Å². The fourth-order valence-corrected chi connectivity index (χ4v) is 5.24. The van der Waals surface area contributed by atoms with Crippen LogP contribution in [0.5, 0.6) is 0 Å². The van der Waals surface area contributed by atoms with E-state index >= 15 is 0 Å². The number of unbranched alkanes of at least 4 members (excludes halogenated alkanes) is 2.